The van der Waals surface area contributed by atoms with E-state index in [0.717, 1.165) is 11.3 Å². The Hall–Kier alpha value is -0.990. The van der Waals surface area contributed by atoms with E-state index < -0.39 is 0 Å². The summed E-state index contributed by atoms with van der Waals surface area (Å²) in [6.07, 6.45) is 0. The van der Waals surface area contributed by atoms with Gasteiger partial charge in [-0.3, -0.25) is 0 Å². The zero-order valence-corrected chi connectivity index (χ0v) is 6.47. The van der Waals surface area contributed by atoms with E-state index in [-0.39, 0.29) is 5.97 Å². The number of esters is 1. The third kappa shape index (κ3) is 0.988. The standard InChI is InChI=1S/C7H11NO2/c1-5-6(8(2)3)4-10-7(5)9/h4H2,1-3H3. The average molecular weight is 141 g/mol. The number of cyclic esters (lactones) is 1. The van der Waals surface area contributed by atoms with E-state index in [1.165, 1.54) is 0 Å². The first-order valence-electron chi connectivity index (χ1n) is 3.17. The van der Waals surface area contributed by atoms with Crippen LogP contribution in [0.5, 0.6) is 0 Å². The number of hydrogen-bond acceptors (Lipinski definition) is 3. The molecule has 0 aliphatic carbocycles. The minimum atomic E-state index is -0.191. The lowest BCUT2D eigenvalue weighted by molar-refractivity contribution is -0.136. The van der Waals surface area contributed by atoms with Crippen molar-refractivity contribution in [3.05, 3.63) is 11.3 Å². The summed E-state index contributed by atoms with van der Waals surface area (Å²) in [5, 5.41) is 0. The maximum atomic E-state index is 10.8. The van der Waals surface area contributed by atoms with E-state index >= 15 is 0 Å². The Morgan fingerprint density at radius 2 is 2.10 bits per heavy atom. The van der Waals surface area contributed by atoms with Crippen LogP contribution >= 0.6 is 0 Å². The van der Waals surface area contributed by atoms with Crippen LogP contribution in [0, 0.1) is 0 Å². The first-order valence-corrected chi connectivity index (χ1v) is 3.17. The van der Waals surface area contributed by atoms with Gasteiger partial charge >= 0.3 is 5.97 Å². The lowest BCUT2D eigenvalue weighted by Gasteiger charge is -2.11. The van der Waals surface area contributed by atoms with Gasteiger partial charge in [-0.2, -0.15) is 0 Å². The highest BCUT2D eigenvalue weighted by molar-refractivity contribution is 5.90. The molecule has 0 saturated heterocycles. The topological polar surface area (TPSA) is 29.5 Å². The quantitative estimate of drug-likeness (QED) is 0.494. The molecule has 0 radical (unpaired) electrons. The second kappa shape index (κ2) is 2.33. The molecular weight excluding hydrogens is 130 g/mol. The van der Waals surface area contributed by atoms with Crippen molar-refractivity contribution in [2.24, 2.45) is 0 Å². The molecule has 1 rings (SSSR count). The van der Waals surface area contributed by atoms with Crippen molar-refractivity contribution in [3.63, 3.8) is 0 Å². The molecule has 0 unspecified atom stereocenters. The third-order valence-electron chi connectivity index (χ3n) is 1.62. The summed E-state index contributed by atoms with van der Waals surface area (Å²) in [4.78, 5) is 12.7. The van der Waals surface area contributed by atoms with Gasteiger partial charge in [0.05, 0.1) is 11.3 Å². The van der Waals surface area contributed by atoms with E-state index in [4.69, 9.17) is 4.74 Å². The van der Waals surface area contributed by atoms with Gasteiger partial charge in [0.2, 0.25) is 0 Å². The zero-order valence-electron chi connectivity index (χ0n) is 6.47. The molecule has 0 saturated carbocycles. The average Bonchev–Trinajstić information content (AvgIpc) is 2.14. The van der Waals surface area contributed by atoms with Gasteiger partial charge in [-0.1, -0.05) is 0 Å². The highest BCUT2D eigenvalue weighted by Gasteiger charge is 2.21. The molecule has 10 heavy (non-hydrogen) atoms. The summed E-state index contributed by atoms with van der Waals surface area (Å²) in [5.74, 6) is -0.191. The van der Waals surface area contributed by atoms with E-state index in [1.54, 1.807) is 6.92 Å². The first-order chi connectivity index (χ1) is 4.63. The second-order valence-corrected chi connectivity index (χ2v) is 2.54. The molecule has 1 aliphatic rings. The minimum Gasteiger partial charge on any atom is -0.456 e. The monoisotopic (exact) mass is 141 g/mol. The van der Waals surface area contributed by atoms with Crippen LogP contribution in [0.25, 0.3) is 0 Å². The van der Waals surface area contributed by atoms with Crippen LogP contribution in [0.3, 0.4) is 0 Å². The fraction of sp³-hybridized carbons (Fsp3) is 0.571. The predicted octanol–water partition coefficient (Wildman–Crippen LogP) is 0.379. The SMILES string of the molecule is CC1=C(N(C)C)COC1=O. The molecule has 3 nitrogen and oxygen atoms in total. The molecule has 0 atom stereocenters. The molecule has 0 N–H and O–H groups in total. The molecule has 1 aliphatic heterocycles. The van der Waals surface area contributed by atoms with Gasteiger partial charge in [0.15, 0.2) is 0 Å². The minimum absolute atomic E-state index is 0.191. The molecule has 0 aromatic carbocycles. The van der Waals surface area contributed by atoms with Crippen LogP contribution in [0.4, 0.5) is 0 Å². The fourth-order valence-corrected chi connectivity index (χ4v) is 0.933. The number of ether oxygens (including phenoxy) is 1. The van der Waals surface area contributed by atoms with Crippen LogP contribution in [0.15, 0.2) is 11.3 Å². The van der Waals surface area contributed by atoms with Crippen molar-refractivity contribution in [1.82, 2.24) is 4.90 Å². The van der Waals surface area contributed by atoms with Crippen molar-refractivity contribution < 1.29 is 9.53 Å². The maximum Gasteiger partial charge on any atom is 0.335 e. The zero-order chi connectivity index (χ0) is 7.72. The molecular formula is C7H11NO2. The molecule has 0 fully saturated rings. The molecule has 0 bridgehead atoms. The third-order valence-corrected chi connectivity index (χ3v) is 1.62. The second-order valence-electron chi connectivity index (χ2n) is 2.54. The van der Waals surface area contributed by atoms with E-state index in [0.29, 0.717) is 6.61 Å². The first kappa shape index (κ1) is 7.12. The number of carbonyl (C=O) groups is 1. The van der Waals surface area contributed by atoms with E-state index in [1.807, 2.05) is 19.0 Å². The van der Waals surface area contributed by atoms with Crippen LogP contribution in [-0.4, -0.2) is 31.6 Å². The molecule has 1 heterocycles. The Morgan fingerprint density at radius 1 is 1.50 bits per heavy atom. The Labute approximate surface area is 60.3 Å². The van der Waals surface area contributed by atoms with Gasteiger partial charge in [0, 0.05) is 14.1 Å². The number of nitrogens with zero attached hydrogens (tertiary/aromatic N) is 1. The van der Waals surface area contributed by atoms with Crippen molar-refractivity contribution in [2.45, 2.75) is 6.92 Å². The Morgan fingerprint density at radius 3 is 2.30 bits per heavy atom. The number of likely N-dealkylation sites (N-methyl/N-ethyl adjacent to an activating group) is 1. The van der Waals surface area contributed by atoms with Crippen LogP contribution in [0.1, 0.15) is 6.92 Å². The Balaban J connectivity index is 2.85. The normalized spacial score (nSPS) is 17.7. The highest BCUT2D eigenvalue weighted by Crippen LogP contribution is 2.15. The van der Waals surface area contributed by atoms with Crippen molar-refractivity contribution in [3.8, 4) is 0 Å². The molecule has 56 valence electrons. The van der Waals surface area contributed by atoms with Gasteiger partial charge in [-0.15, -0.1) is 0 Å². The van der Waals surface area contributed by atoms with Gasteiger partial charge in [0.25, 0.3) is 0 Å². The molecule has 0 aromatic rings. The van der Waals surface area contributed by atoms with E-state index in [2.05, 4.69) is 0 Å². The Kier molecular flexibility index (Phi) is 1.66. The van der Waals surface area contributed by atoms with Crippen molar-refractivity contribution in [1.29, 1.82) is 0 Å². The molecule has 0 amide bonds. The fourth-order valence-electron chi connectivity index (χ4n) is 0.933. The highest BCUT2D eigenvalue weighted by atomic mass is 16.5. The molecule has 0 spiro atoms. The summed E-state index contributed by atoms with van der Waals surface area (Å²) < 4.78 is 4.78. The summed E-state index contributed by atoms with van der Waals surface area (Å²) in [6.45, 7) is 2.21. The predicted molar refractivity (Wildman–Crippen MR) is 37.3 cm³/mol. The summed E-state index contributed by atoms with van der Waals surface area (Å²) in [6, 6.07) is 0. The summed E-state index contributed by atoms with van der Waals surface area (Å²) in [7, 11) is 3.81. The number of hydrogen-bond donors (Lipinski definition) is 0. The van der Waals surface area contributed by atoms with Crippen molar-refractivity contribution in [2.75, 3.05) is 20.7 Å². The summed E-state index contributed by atoms with van der Waals surface area (Å²) in [5.41, 5.74) is 1.70. The number of carbonyl (C=O) groups excluding carboxylic acids is 1. The van der Waals surface area contributed by atoms with Crippen LogP contribution in [-0.2, 0) is 9.53 Å². The van der Waals surface area contributed by atoms with Gasteiger partial charge in [-0.25, -0.2) is 4.79 Å². The number of rotatable bonds is 1. The van der Waals surface area contributed by atoms with E-state index in [9.17, 15) is 4.79 Å². The van der Waals surface area contributed by atoms with Gasteiger partial charge in [-0.05, 0) is 6.92 Å². The Bertz CT molecular complexity index is 194. The van der Waals surface area contributed by atoms with Crippen LogP contribution in [0.2, 0.25) is 0 Å². The van der Waals surface area contributed by atoms with Gasteiger partial charge in [0.1, 0.15) is 6.61 Å². The van der Waals surface area contributed by atoms with Crippen molar-refractivity contribution >= 4 is 5.97 Å². The van der Waals surface area contributed by atoms with Gasteiger partial charge < -0.3 is 9.64 Å². The lowest BCUT2D eigenvalue weighted by Crippen LogP contribution is -2.12. The summed E-state index contributed by atoms with van der Waals surface area (Å²) >= 11 is 0. The lowest BCUT2D eigenvalue weighted by atomic mass is 10.2. The molecule has 3 heteroatoms. The largest absolute Gasteiger partial charge is 0.456 e. The molecule has 0 aromatic heterocycles. The maximum absolute atomic E-state index is 10.8. The van der Waals surface area contributed by atoms with Crippen LogP contribution < -0.4 is 0 Å². The smallest absolute Gasteiger partial charge is 0.335 e.